The molecule has 0 saturated heterocycles. The zero-order valence-corrected chi connectivity index (χ0v) is 17.2. The fourth-order valence-electron chi connectivity index (χ4n) is 2.74. The maximum Gasteiger partial charge on any atom is 0.331 e. The molecule has 0 amide bonds. The van der Waals surface area contributed by atoms with Gasteiger partial charge in [-0.25, -0.2) is 9.78 Å². The fraction of sp³-hybridized carbons (Fsp3) is 0.261. The Morgan fingerprint density at radius 2 is 1.75 bits per heavy atom. The molecule has 0 aliphatic heterocycles. The highest BCUT2D eigenvalue weighted by molar-refractivity contribution is 7.19. The molecule has 0 aliphatic rings. The Bertz CT molecular complexity index is 993. The highest BCUT2D eigenvalue weighted by Gasteiger charge is 2.20. The lowest BCUT2D eigenvalue weighted by molar-refractivity contribution is -0.140. The minimum atomic E-state index is -0.854. The quantitative estimate of drug-likeness (QED) is 0.330. The molecule has 3 aromatic rings. The number of aromatic nitrogens is 1. The van der Waals surface area contributed by atoms with Crippen molar-refractivity contribution < 1.29 is 14.3 Å². The van der Waals surface area contributed by atoms with E-state index in [9.17, 15) is 9.59 Å². The van der Waals surface area contributed by atoms with E-state index in [1.165, 1.54) is 17.4 Å². The summed E-state index contributed by atoms with van der Waals surface area (Å²) in [4.78, 5) is 29.0. The lowest BCUT2D eigenvalue weighted by Crippen LogP contribution is -2.23. The molecule has 0 saturated carbocycles. The molecule has 0 N–H and O–H groups in total. The molecule has 0 radical (unpaired) electrons. The Kier molecular flexibility index (Phi) is 5.75. The van der Waals surface area contributed by atoms with E-state index in [0.717, 1.165) is 20.8 Å². The third-order valence-corrected chi connectivity index (χ3v) is 5.37. The van der Waals surface area contributed by atoms with Gasteiger partial charge in [-0.2, -0.15) is 0 Å². The summed E-state index contributed by atoms with van der Waals surface area (Å²) in [5.41, 5.74) is 2.59. The van der Waals surface area contributed by atoms with Crippen LogP contribution in [0.2, 0.25) is 0 Å². The Balaban J connectivity index is 1.62. The number of hydrogen-bond acceptors (Lipinski definition) is 5. The van der Waals surface area contributed by atoms with Gasteiger partial charge in [-0.3, -0.25) is 4.79 Å². The van der Waals surface area contributed by atoms with Crippen LogP contribution < -0.4 is 0 Å². The molecule has 0 spiro atoms. The summed E-state index contributed by atoms with van der Waals surface area (Å²) < 4.78 is 6.31. The van der Waals surface area contributed by atoms with Crippen molar-refractivity contribution in [2.75, 3.05) is 0 Å². The van der Waals surface area contributed by atoms with Gasteiger partial charge in [0.05, 0.1) is 10.2 Å². The Morgan fingerprint density at radius 3 is 2.39 bits per heavy atom. The predicted octanol–water partition coefficient (Wildman–Crippen LogP) is 5.42. The van der Waals surface area contributed by atoms with Crippen LogP contribution in [0.25, 0.3) is 16.3 Å². The predicted molar refractivity (Wildman–Crippen MR) is 114 cm³/mol. The third kappa shape index (κ3) is 4.73. The number of carbonyl (C=O) groups excluding carboxylic acids is 2. The van der Waals surface area contributed by atoms with E-state index in [2.05, 4.69) is 25.8 Å². The van der Waals surface area contributed by atoms with Gasteiger partial charge < -0.3 is 4.74 Å². The number of esters is 1. The number of Topliss-reactive ketones (excluding diaryl/α,β-unsaturated/α-hetero) is 1. The molecule has 5 heteroatoms. The van der Waals surface area contributed by atoms with Crippen molar-refractivity contribution in [3.63, 3.8) is 0 Å². The number of hydrogen-bond donors (Lipinski definition) is 0. The molecule has 1 aromatic heterocycles. The third-order valence-electron chi connectivity index (χ3n) is 4.37. The summed E-state index contributed by atoms with van der Waals surface area (Å²) in [6.45, 7) is 7.94. The van der Waals surface area contributed by atoms with Crippen LogP contribution in [-0.4, -0.2) is 22.8 Å². The molecule has 0 aliphatic carbocycles. The number of nitrogens with zero attached hydrogens (tertiary/aromatic N) is 1. The zero-order valence-electron chi connectivity index (χ0n) is 16.4. The van der Waals surface area contributed by atoms with E-state index in [1.807, 2.05) is 36.4 Å². The normalized spacial score (nSPS) is 13.0. The molecule has 0 bridgehead atoms. The van der Waals surface area contributed by atoms with Crippen molar-refractivity contribution in [3.05, 3.63) is 70.7 Å². The highest BCUT2D eigenvalue weighted by atomic mass is 32.1. The summed E-state index contributed by atoms with van der Waals surface area (Å²) in [6, 6.07) is 15.2. The summed E-state index contributed by atoms with van der Waals surface area (Å²) in [5.74, 6) is -0.784. The van der Waals surface area contributed by atoms with Gasteiger partial charge in [0.25, 0.3) is 0 Å². The monoisotopic (exact) mass is 393 g/mol. The van der Waals surface area contributed by atoms with E-state index in [1.54, 1.807) is 25.1 Å². The Hall–Kier alpha value is -2.79. The van der Waals surface area contributed by atoms with Crippen LogP contribution in [0.1, 0.15) is 48.6 Å². The number of ether oxygens (including phenoxy) is 1. The largest absolute Gasteiger partial charge is 0.451 e. The van der Waals surface area contributed by atoms with Crippen molar-refractivity contribution in [1.82, 2.24) is 4.98 Å². The number of carbonyl (C=O) groups is 2. The topological polar surface area (TPSA) is 56.3 Å². The van der Waals surface area contributed by atoms with Crippen LogP contribution >= 0.6 is 11.3 Å². The first kappa shape index (κ1) is 20.0. The number of benzene rings is 2. The van der Waals surface area contributed by atoms with Crippen LogP contribution in [0.15, 0.2) is 54.6 Å². The number of ketones is 1. The molecular formula is C23H23NO3S. The molecular weight excluding hydrogens is 370 g/mol. The number of thiazole rings is 1. The van der Waals surface area contributed by atoms with Gasteiger partial charge in [0.15, 0.2) is 6.10 Å². The van der Waals surface area contributed by atoms with Crippen LogP contribution in [-0.2, 0) is 14.9 Å². The first-order chi connectivity index (χ1) is 13.2. The summed E-state index contributed by atoms with van der Waals surface area (Å²) in [5, 5.41) is 0.717. The number of rotatable bonds is 5. The minimum absolute atomic E-state index is 0.0189. The second kappa shape index (κ2) is 8.07. The fourth-order valence-corrected chi connectivity index (χ4v) is 3.61. The van der Waals surface area contributed by atoms with Gasteiger partial charge in [-0.1, -0.05) is 57.2 Å². The van der Waals surface area contributed by atoms with E-state index >= 15 is 0 Å². The molecule has 1 atom stereocenters. The molecule has 0 fully saturated rings. The molecule has 2 aromatic carbocycles. The van der Waals surface area contributed by atoms with E-state index in [0.29, 0.717) is 5.56 Å². The van der Waals surface area contributed by atoms with Crippen molar-refractivity contribution in [3.8, 4) is 0 Å². The highest BCUT2D eigenvalue weighted by Crippen LogP contribution is 2.23. The molecule has 1 heterocycles. The van der Waals surface area contributed by atoms with Crippen LogP contribution in [0.4, 0.5) is 0 Å². The summed E-state index contributed by atoms with van der Waals surface area (Å²) >= 11 is 1.49. The van der Waals surface area contributed by atoms with Gasteiger partial charge in [-0.15, -0.1) is 11.3 Å². The Labute approximate surface area is 168 Å². The van der Waals surface area contributed by atoms with E-state index < -0.39 is 12.1 Å². The van der Waals surface area contributed by atoms with Crippen LogP contribution in [0, 0.1) is 0 Å². The second-order valence-electron chi connectivity index (χ2n) is 7.62. The van der Waals surface area contributed by atoms with Crippen LogP contribution in [0.5, 0.6) is 0 Å². The molecule has 144 valence electrons. The van der Waals surface area contributed by atoms with Crippen LogP contribution in [0.3, 0.4) is 0 Å². The van der Waals surface area contributed by atoms with Gasteiger partial charge in [0.1, 0.15) is 5.01 Å². The molecule has 28 heavy (non-hydrogen) atoms. The summed E-state index contributed by atoms with van der Waals surface area (Å²) in [6.07, 6.45) is 2.07. The van der Waals surface area contributed by atoms with Gasteiger partial charge in [-0.05, 0) is 36.1 Å². The van der Waals surface area contributed by atoms with Gasteiger partial charge in [0.2, 0.25) is 5.78 Å². The average Bonchev–Trinajstić information content (AvgIpc) is 3.08. The smallest absolute Gasteiger partial charge is 0.331 e. The summed E-state index contributed by atoms with van der Waals surface area (Å²) in [7, 11) is 0. The van der Waals surface area contributed by atoms with E-state index in [-0.39, 0.29) is 11.2 Å². The number of para-hydroxylation sites is 1. The zero-order chi connectivity index (χ0) is 20.3. The second-order valence-corrected chi connectivity index (χ2v) is 8.69. The lowest BCUT2D eigenvalue weighted by Gasteiger charge is -2.19. The molecule has 3 rings (SSSR count). The van der Waals surface area contributed by atoms with Gasteiger partial charge >= 0.3 is 5.97 Å². The standard InChI is InChI=1S/C23H23NO3S/c1-15(22(26)16-9-11-17(12-10-16)23(2,3)4)27-21(25)14-13-20-24-18-7-5-6-8-19(18)28-20/h5-15H,1-4H3/b14-13+/t15-/m0/s1. The van der Waals surface area contributed by atoms with Crippen molar-refractivity contribution in [2.45, 2.75) is 39.2 Å². The van der Waals surface area contributed by atoms with Crippen molar-refractivity contribution in [2.24, 2.45) is 0 Å². The maximum atomic E-state index is 12.5. The Morgan fingerprint density at radius 1 is 1.07 bits per heavy atom. The first-order valence-electron chi connectivity index (χ1n) is 9.13. The molecule has 0 unspecified atom stereocenters. The first-order valence-corrected chi connectivity index (χ1v) is 9.95. The van der Waals surface area contributed by atoms with Crippen molar-refractivity contribution in [1.29, 1.82) is 0 Å². The molecule has 4 nitrogen and oxygen atoms in total. The van der Waals surface area contributed by atoms with E-state index in [4.69, 9.17) is 4.74 Å². The maximum absolute atomic E-state index is 12.5. The van der Waals surface area contributed by atoms with Gasteiger partial charge in [0, 0.05) is 11.6 Å². The SMILES string of the molecule is C[C@H](OC(=O)/C=C/c1nc2ccccc2s1)C(=O)c1ccc(C(C)(C)C)cc1. The lowest BCUT2D eigenvalue weighted by atomic mass is 9.86. The minimum Gasteiger partial charge on any atom is -0.451 e. The van der Waals surface area contributed by atoms with Crippen molar-refractivity contribution >= 4 is 39.4 Å². The average molecular weight is 394 g/mol. The number of fused-ring (bicyclic) bond motifs is 1.